The van der Waals surface area contributed by atoms with Gasteiger partial charge in [0.2, 0.25) is 11.8 Å². The third-order valence-electron chi connectivity index (χ3n) is 6.29. The molecule has 0 bridgehead atoms. The standard InChI is InChI=1S/C31H37ClN2O2S/c1-5-24(4)33-31(36)29(18-25-10-7-6-8-11-25)34(19-26-12-9-13-28(32)17-26)30(35)21-37-20-27-15-22(2)14-23(3)16-27/h6-17,24,29H,5,18-21H2,1-4H3,(H,33,36)/t24-,29-/m0/s1. The molecule has 0 spiro atoms. The summed E-state index contributed by atoms with van der Waals surface area (Å²) in [6, 6.07) is 23.2. The lowest BCUT2D eigenvalue weighted by Gasteiger charge is -2.32. The zero-order valence-corrected chi connectivity index (χ0v) is 23.7. The van der Waals surface area contributed by atoms with Crippen LogP contribution in [0.15, 0.2) is 72.8 Å². The van der Waals surface area contributed by atoms with Crippen LogP contribution in [0, 0.1) is 13.8 Å². The summed E-state index contributed by atoms with van der Waals surface area (Å²) in [6.07, 6.45) is 1.26. The summed E-state index contributed by atoms with van der Waals surface area (Å²) in [5, 5.41) is 3.72. The minimum Gasteiger partial charge on any atom is -0.352 e. The highest BCUT2D eigenvalue weighted by Crippen LogP contribution is 2.21. The van der Waals surface area contributed by atoms with Gasteiger partial charge in [-0.25, -0.2) is 0 Å². The molecule has 3 rings (SSSR count). The zero-order valence-electron chi connectivity index (χ0n) is 22.2. The zero-order chi connectivity index (χ0) is 26.8. The fourth-order valence-corrected chi connectivity index (χ4v) is 5.38. The number of halogens is 1. The average molecular weight is 537 g/mol. The van der Waals surface area contributed by atoms with Crippen LogP contribution in [0.4, 0.5) is 0 Å². The Morgan fingerprint density at radius 3 is 2.24 bits per heavy atom. The van der Waals surface area contributed by atoms with Crippen molar-refractivity contribution in [2.45, 2.75) is 64.9 Å². The number of amides is 2. The number of rotatable bonds is 12. The fraction of sp³-hybridized carbons (Fsp3) is 0.355. The van der Waals surface area contributed by atoms with Crippen LogP contribution in [0.3, 0.4) is 0 Å². The van der Waals surface area contributed by atoms with Gasteiger partial charge in [-0.2, -0.15) is 0 Å². The van der Waals surface area contributed by atoms with Crippen LogP contribution in [0.1, 0.15) is 48.1 Å². The Kier molecular flexibility index (Phi) is 11.1. The molecule has 0 aliphatic rings. The fourth-order valence-electron chi connectivity index (χ4n) is 4.32. The normalized spacial score (nSPS) is 12.6. The average Bonchev–Trinajstić information content (AvgIpc) is 2.86. The number of thioether (sulfide) groups is 1. The number of hydrogen-bond donors (Lipinski definition) is 1. The Balaban J connectivity index is 1.86. The molecule has 0 radical (unpaired) electrons. The smallest absolute Gasteiger partial charge is 0.243 e. The number of carbonyl (C=O) groups excluding carboxylic acids is 2. The third kappa shape index (κ3) is 9.24. The molecule has 37 heavy (non-hydrogen) atoms. The van der Waals surface area contributed by atoms with Crippen molar-refractivity contribution in [3.05, 3.63) is 106 Å². The monoisotopic (exact) mass is 536 g/mol. The predicted octanol–water partition coefficient (Wildman–Crippen LogP) is 6.74. The molecular weight excluding hydrogens is 500 g/mol. The van der Waals surface area contributed by atoms with Crippen molar-refractivity contribution in [1.82, 2.24) is 10.2 Å². The number of hydrogen-bond acceptors (Lipinski definition) is 3. The molecule has 0 aliphatic heterocycles. The second kappa shape index (κ2) is 14.3. The number of benzene rings is 3. The summed E-state index contributed by atoms with van der Waals surface area (Å²) >= 11 is 7.84. The van der Waals surface area contributed by atoms with Gasteiger partial charge < -0.3 is 10.2 Å². The maximum absolute atomic E-state index is 13.7. The SMILES string of the molecule is CC[C@H](C)NC(=O)[C@H](Cc1ccccc1)N(Cc1cccc(Cl)c1)C(=O)CSCc1cc(C)cc(C)c1. The molecule has 3 aromatic rings. The van der Waals surface area contributed by atoms with E-state index >= 15 is 0 Å². The first-order valence-electron chi connectivity index (χ1n) is 12.8. The molecule has 6 heteroatoms. The van der Waals surface area contributed by atoms with E-state index in [0.717, 1.165) is 23.3 Å². The van der Waals surface area contributed by atoms with Crippen LogP contribution in [0.2, 0.25) is 5.02 Å². The number of carbonyl (C=O) groups is 2. The van der Waals surface area contributed by atoms with E-state index in [9.17, 15) is 9.59 Å². The van der Waals surface area contributed by atoms with Gasteiger partial charge in [0.15, 0.2) is 0 Å². The summed E-state index contributed by atoms with van der Waals surface area (Å²) in [5.74, 6) is 0.833. The summed E-state index contributed by atoms with van der Waals surface area (Å²) in [6.45, 7) is 8.51. The lowest BCUT2D eigenvalue weighted by molar-refractivity contribution is -0.139. The molecular formula is C31H37ClN2O2S. The molecule has 0 heterocycles. The molecule has 0 aliphatic carbocycles. The van der Waals surface area contributed by atoms with Crippen LogP contribution in [0.25, 0.3) is 0 Å². The first kappa shape index (κ1) is 28.8. The molecule has 0 saturated heterocycles. The van der Waals surface area contributed by atoms with Gasteiger partial charge in [-0.05, 0) is 56.0 Å². The second-order valence-corrected chi connectivity index (χ2v) is 11.1. The van der Waals surface area contributed by atoms with E-state index in [1.807, 2.05) is 68.4 Å². The lowest BCUT2D eigenvalue weighted by Crippen LogP contribution is -2.52. The molecule has 2 atom stereocenters. The maximum atomic E-state index is 13.7. The van der Waals surface area contributed by atoms with Crippen LogP contribution in [-0.4, -0.2) is 34.6 Å². The molecule has 0 unspecified atom stereocenters. The van der Waals surface area contributed by atoms with Crippen molar-refractivity contribution >= 4 is 35.2 Å². The van der Waals surface area contributed by atoms with E-state index in [2.05, 4.69) is 37.4 Å². The van der Waals surface area contributed by atoms with Gasteiger partial charge in [0.25, 0.3) is 0 Å². The number of nitrogens with one attached hydrogen (secondary N) is 1. The second-order valence-electron chi connectivity index (χ2n) is 9.66. The molecule has 3 aromatic carbocycles. The minimum absolute atomic E-state index is 0.0211. The van der Waals surface area contributed by atoms with Crippen LogP contribution in [-0.2, 0) is 28.3 Å². The summed E-state index contributed by atoms with van der Waals surface area (Å²) < 4.78 is 0. The van der Waals surface area contributed by atoms with Gasteiger partial charge in [0, 0.05) is 29.8 Å². The van der Waals surface area contributed by atoms with E-state index in [1.54, 1.807) is 16.7 Å². The van der Waals surface area contributed by atoms with Gasteiger partial charge in [-0.15, -0.1) is 11.8 Å². The van der Waals surface area contributed by atoms with Crippen molar-refractivity contribution < 1.29 is 9.59 Å². The molecule has 0 saturated carbocycles. The molecule has 0 aromatic heterocycles. The Morgan fingerprint density at radius 1 is 0.919 bits per heavy atom. The molecule has 196 valence electrons. The van der Waals surface area contributed by atoms with Crippen molar-refractivity contribution in [2.75, 3.05) is 5.75 Å². The molecule has 1 N–H and O–H groups in total. The lowest BCUT2D eigenvalue weighted by atomic mass is 10.0. The topological polar surface area (TPSA) is 49.4 Å². The quantitative estimate of drug-likeness (QED) is 0.279. The van der Waals surface area contributed by atoms with Crippen LogP contribution >= 0.6 is 23.4 Å². The Labute approximate surface area is 230 Å². The summed E-state index contributed by atoms with van der Waals surface area (Å²) in [7, 11) is 0. The number of nitrogens with zero attached hydrogens (tertiary/aromatic N) is 1. The van der Waals surface area contributed by atoms with Gasteiger partial charge >= 0.3 is 0 Å². The molecule has 2 amide bonds. The van der Waals surface area contributed by atoms with Crippen molar-refractivity contribution in [3.8, 4) is 0 Å². The molecule has 4 nitrogen and oxygen atoms in total. The highest BCUT2D eigenvalue weighted by Gasteiger charge is 2.30. The minimum atomic E-state index is -0.635. The van der Waals surface area contributed by atoms with E-state index in [-0.39, 0.29) is 23.6 Å². The van der Waals surface area contributed by atoms with Gasteiger partial charge in [-0.3, -0.25) is 9.59 Å². The van der Waals surface area contributed by atoms with Crippen molar-refractivity contribution in [2.24, 2.45) is 0 Å². The third-order valence-corrected chi connectivity index (χ3v) is 7.51. The van der Waals surface area contributed by atoms with Crippen molar-refractivity contribution in [1.29, 1.82) is 0 Å². The summed E-state index contributed by atoms with van der Waals surface area (Å²) in [5.41, 5.74) is 5.54. The van der Waals surface area contributed by atoms with E-state index in [1.165, 1.54) is 16.7 Å². The van der Waals surface area contributed by atoms with Gasteiger partial charge in [0.1, 0.15) is 6.04 Å². The summed E-state index contributed by atoms with van der Waals surface area (Å²) in [4.78, 5) is 29.0. The first-order valence-corrected chi connectivity index (χ1v) is 14.3. The van der Waals surface area contributed by atoms with Crippen LogP contribution < -0.4 is 5.32 Å². The largest absolute Gasteiger partial charge is 0.352 e. The van der Waals surface area contributed by atoms with E-state index in [0.29, 0.717) is 18.0 Å². The van der Waals surface area contributed by atoms with Gasteiger partial charge in [0.05, 0.1) is 5.75 Å². The Bertz CT molecular complexity index is 1160. The Hall–Kier alpha value is -2.76. The maximum Gasteiger partial charge on any atom is 0.243 e. The van der Waals surface area contributed by atoms with Crippen LogP contribution in [0.5, 0.6) is 0 Å². The molecule has 0 fully saturated rings. The predicted molar refractivity (Wildman–Crippen MR) is 156 cm³/mol. The highest BCUT2D eigenvalue weighted by atomic mass is 35.5. The number of aryl methyl sites for hydroxylation is 2. The van der Waals surface area contributed by atoms with E-state index < -0.39 is 6.04 Å². The Morgan fingerprint density at radius 2 is 1.59 bits per heavy atom. The van der Waals surface area contributed by atoms with Gasteiger partial charge in [-0.1, -0.05) is 90.3 Å². The first-order chi connectivity index (χ1) is 17.7. The van der Waals surface area contributed by atoms with E-state index in [4.69, 9.17) is 11.6 Å². The highest BCUT2D eigenvalue weighted by molar-refractivity contribution is 7.99. The van der Waals surface area contributed by atoms with Crippen molar-refractivity contribution in [3.63, 3.8) is 0 Å².